The highest BCUT2D eigenvalue weighted by Gasteiger charge is 2.14. The number of nitrogens with two attached hydrogens (primary N) is 1. The molecule has 1 heterocycles. The van der Waals surface area contributed by atoms with Gasteiger partial charge in [0, 0.05) is 0 Å². The Balaban J connectivity index is 2.67. The molecule has 2 aromatic rings. The number of rotatable bonds is 3. The lowest BCUT2D eigenvalue weighted by Gasteiger charge is -2.11. The van der Waals surface area contributed by atoms with Crippen molar-refractivity contribution >= 4 is 5.91 Å². The fourth-order valence-electron chi connectivity index (χ4n) is 1.63. The average Bonchev–Trinajstić information content (AvgIpc) is 2.39. The molecule has 0 bridgehead atoms. The molecule has 0 fully saturated rings. The SMILES string of the molecule is COc1cc(=O)c(C(N)=O)nn1-c1ccc(C)cc1. The highest BCUT2D eigenvalue weighted by Crippen LogP contribution is 2.15. The topological polar surface area (TPSA) is 87.2 Å². The third-order valence-corrected chi connectivity index (χ3v) is 2.62. The summed E-state index contributed by atoms with van der Waals surface area (Å²) in [7, 11) is 1.42. The number of amides is 1. The molecular formula is C13H13N3O3. The Morgan fingerprint density at radius 3 is 2.47 bits per heavy atom. The first-order valence-corrected chi connectivity index (χ1v) is 5.58. The number of benzene rings is 1. The Hall–Kier alpha value is -2.63. The molecule has 0 atom stereocenters. The lowest BCUT2D eigenvalue weighted by Crippen LogP contribution is -2.26. The summed E-state index contributed by atoms with van der Waals surface area (Å²) < 4.78 is 6.46. The normalized spacial score (nSPS) is 10.2. The van der Waals surface area contributed by atoms with Gasteiger partial charge in [0.1, 0.15) is 0 Å². The number of aryl methyl sites for hydroxylation is 1. The zero-order chi connectivity index (χ0) is 14.0. The first-order valence-electron chi connectivity index (χ1n) is 5.58. The first kappa shape index (κ1) is 12.8. The molecule has 2 rings (SSSR count). The van der Waals surface area contributed by atoms with Gasteiger partial charge in [-0.1, -0.05) is 17.7 Å². The summed E-state index contributed by atoms with van der Waals surface area (Å²) in [4.78, 5) is 22.8. The van der Waals surface area contributed by atoms with Crippen LogP contribution in [0.3, 0.4) is 0 Å². The Kier molecular flexibility index (Phi) is 3.33. The van der Waals surface area contributed by atoms with Crippen LogP contribution in [0.4, 0.5) is 0 Å². The maximum atomic E-state index is 11.6. The number of carbonyl (C=O) groups is 1. The molecule has 1 aromatic heterocycles. The van der Waals surface area contributed by atoms with Crippen LogP contribution in [0, 0.1) is 6.92 Å². The molecule has 0 radical (unpaired) electrons. The van der Waals surface area contributed by atoms with E-state index >= 15 is 0 Å². The van der Waals surface area contributed by atoms with Crippen LogP contribution in [-0.4, -0.2) is 22.8 Å². The first-order chi connectivity index (χ1) is 9.02. The molecule has 6 heteroatoms. The van der Waals surface area contributed by atoms with E-state index in [-0.39, 0.29) is 11.6 Å². The third-order valence-electron chi connectivity index (χ3n) is 2.62. The molecule has 2 N–H and O–H groups in total. The summed E-state index contributed by atoms with van der Waals surface area (Å²) in [6, 6.07) is 8.57. The molecule has 1 aromatic carbocycles. The smallest absolute Gasteiger partial charge is 0.273 e. The number of hydrogen-bond donors (Lipinski definition) is 1. The van der Waals surface area contributed by atoms with Crippen LogP contribution in [0.1, 0.15) is 16.1 Å². The minimum atomic E-state index is -0.867. The number of hydrogen-bond acceptors (Lipinski definition) is 4. The van der Waals surface area contributed by atoms with Crippen molar-refractivity contribution in [1.82, 2.24) is 9.78 Å². The number of ether oxygens (including phenoxy) is 1. The second kappa shape index (κ2) is 4.93. The maximum absolute atomic E-state index is 11.6. The molecule has 19 heavy (non-hydrogen) atoms. The van der Waals surface area contributed by atoms with E-state index in [0.29, 0.717) is 5.69 Å². The van der Waals surface area contributed by atoms with E-state index < -0.39 is 11.3 Å². The van der Waals surface area contributed by atoms with Gasteiger partial charge in [-0.15, -0.1) is 0 Å². The molecule has 0 aliphatic rings. The minimum Gasteiger partial charge on any atom is -0.481 e. The zero-order valence-corrected chi connectivity index (χ0v) is 10.6. The van der Waals surface area contributed by atoms with Crippen molar-refractivity contribution in [3.05, 3.63) is 51.8 Å². The van der Waals surface area contributed by atoms with Crippen molar-refractivity contribution in [2.45, 2.75) is 6.92 Å². The Morgan fingerprint density at radius 2 is 1.95 bits per heavy atom. The van der Waals surface area contributed by atoms with E-state index in [0.717, 1.165) is 5.56 Å². The lowest BCUT2D eigenvalue weighted by molar-refractivity contribution is 0.0992. The van der Waals surface area contributed by atoms with Crippen molar-refractivity contribution in [1.29, 1.82) is 0 Å². The summed E-state index contributed by atoms with van der Waals surface area (Å²) in [6.45, 7) is 1.95. The number of carbonyl (C=O) groups excluding carboxylic acids is 1. The van der Waals surface area contributed by atoms with Crippen molar-refractivity contribution in [2.75, 3.05) is 7.11 Å². The van der Waals surface area contributed by atoms with Crippen molar-refractivity contribution in [3.8, 4) is 11.6 Å². The fourth-order valence-corrected chi connectivity index (χ4v) is 1.63. The van der Waals surface area contributed by atoms with Gasteiger partial charge in [0.05, 0.1) is 18.9 Å². The molecule has 0 aliphatic heterocycles. The van der Waals surface area contributed by atoms with Crippen molar-refractivity contribution < 1.29 is 9.53 Å². The van der Waals surface area contributed by atoms with Gasteiger partial charge in [-0.3, -0.25) is 9.59 Å². The fraction of sp³-hybridized carbons (Fsp3) is 0.154. The van der Waals surface area contributed by atoms with Crippen LogP contribution in [0.2, 0.25) is 0 Å². The zero-order valence-electron chi connectivity index (χ0n) is 10.6. The summed E-state index contributed by atoms with van der Waals surface area (Å²) in [6.07, 6.45) is 0. The Labute approximate surface area is 109 Å². The van der Waals surface area contributed by atoms with E-state index in [2.05, 4.69) is 5.10 Å². The molecular weight excluding hydrogens is 246 g/mol. The molecule has 0 aliphatic carbocycles. The number of nitrogens with zero attached hydrogens (tertiary/aromatic N) is 2. The molecule has 0 spiro atoms. The second-order valence-electron chi connectivity index (χ2n) is 4.01. The summed E-state index contributed by atoms with van der Waals surface area (Å²) in [5.41, 5.74) is 5.99. The van der Waals surface area contributed by atoms with Crippen molar-refractivity contribution in [3.63, 3.8) is 0 Å². The molecule has 0 saturated heterocycles. The lowest BCUT2D eigenvalue weighted by atomic mass is 10.2. The van der Waals surface area contributed by atoms with Gasteiger partial charge in [-0.2, -0.15) is 5.10 Å². The maximum Gasteiger partial charge on any atom is 0.273 e. The number of primary amides is 1. The number of aromatic nitrogens is 2. The second-order valence-corrected chi connectivity index (χ2v) is 4.01. The van der Waals surface area contributed by atoms with E-state index in [1.54, 1.807) is 12.1 Å². The van der Waals surface area contributed by atoms with Gasteiger partial charge in [0.15, 0.2) is 5.69 Å². The van der Waals surface area contributed by atoms with Gasteiger partial charge < -0.3 is 10.5 Å². The van der Waals surface area contributed by atoms with Gasteiger partial charge >= 0.3 is 0 Å². The van der Waals surface area contributed by atoms with Crippen LogP contribution < -0.4 is 15.9 Å². The monoisotopic (exact) mass is 259 g/mol. The molecule has 0 unspecified atom stereocenters. The Morgan fingerprint density at radius 1 is 1.32 bits per heavy atom. The summed E-state index contributed by atoms with van der Waals surface area (Å²) >= 11 is 0. The predicted molar refractivity (Wildman–Crippen MR) is 69.6 cm³/mol. The van der Waals surface area contributed by atoms with Crippen molar-refractivity contribution in [2.24, 2.45) is 5.73 Å². The van der Waals surface area contributed by atoms with Crippen LogP contribution in [0.5, 0.6) is 5.88 Å². The van der Waals surface area contributed by atoms with Gasteiger partial charge in [-0.05, 0) is 19.1 Å². The van der Waals surface area contributed by atoms with Crippen LogP contribution in [0.25, 0.3) is 5.69 Å². The van der Waals surface area contributed by atoms with Crippen LogP contribution in [-0.2, 0) is 0 Å². The molecule has 6 nitrogen and oxygen atoms in total. The Bertz CT molecular complexity index is 675. The van der Waals surface area contributed by atoms with E-state index in [1.165, 1.54) is 17.9 Å². The third kappa shape index (κ3) is 2.47. The highest BCUT2D eigenvalue weighted by atomic mass is 16.5. The predicted octanol–water partition coefficient (Wildman–Crippen LogP) is 0.648. The van der Waals surface area contributed by atoms with Crippen LogP contribution >= 0.6 is 0 Å². The molecule has 98 valence electrons. The summed E-state index contributed by atoms with van der Waals surface area (Å²) in [5, 5.41) is 3.95. The van der Waals surface area contributed by atoms with Crippen LogP contribution in [0.15, 0.2) is 35.1 Å². The van der Waals surface area contributed by atoms with Gasteiger partial charge in [0.25, 0.3) is 5.91 Å². The minimum absolute atomic E-state index is 0.235. The number of methoxy groups -OCH3 is 1. The van der Waals surface area contributed by atoms with E-state index in [9.17, 15) is 9.59 Å². The van der Waals surface area contributed by atoms with Gasteiger partial charge in [-0.25, -0.2) is 4.68 Å². The molecule has 0 saturated carbocycles. The van der Waals surface area contributed by atoms with E-state index in [4.69, 9.17) is 10.5 Å². The standard InChI is InChI=1S/C13H13N3O3/c1-8-3-5-9(6-4-8)16-11(19-2)7-10(17)12(15-16)13(14)18/h3-7H,1-2H3,(H2,14,18). The average molecular weight is 259 g/mol. The quantitative estimate of drug-likeness (QED) is 0.876. The van der Waals surface area contributed by atoms with Gasteiger partial charge in [0.2, 0.25) is 11.3 Å². The largest absolute Gasteiger partial charge is 0.481 e. The summed E-state index contributed by atoms with van der Waals surface area (Å²) in [5.74, 6) is -0.632. The van der Waals surface area contributed by atoms with E-state index in [1.807, 2.05) is 19.1 Å². The highest BCUT2D eigenvalue weighted by molar-refractivity contribution is 5.90. The molecule has 1 amide bonds.